The Labute approximate surface area is 134 Å². The number of hydrogen-bond acceptors (Lipinski definition) is 2. The van der Waals surface area contributed by atoms with Crippen molar-refractivity contribution in [1.82, 2.24) is 9.55 Å². The second kappa shape index (κ2) is 6.96. The lowest BCUT2D eigenvalue weighted by atomic mass is 10.2. The monoisotopic (exact) mass is 310 g/mol. The number of hydrogen-bond donors (Lipinski definition) is 0. The fraction of sp³-hybridized carbons (Fsp3) is 0.0556. The van der Waals surface area contributed by atoms with Crippen LogP contribution in [0, 0.1) is 0 Å². The van der Waals surface area contributed by atoms with Crippen LogP contribution in [0.5, 0.6) is 11.5 Å². The van der Waals surface area contributed by atoms with E-state index in [4.69, 9.17) is 16.3 Å². The molecule has 4 heteroatoms. The first kappa shape index (κ1) is 14.4. The normalized spacial score (nSPS) is 11.0. The van der Waals surface area contributed by atoms with Crippen LogP contribution in [0.3, 0.4) is 0 Å². The van der Waals surface area contributed by atoms with Gasteiger partial charge in [-0.05, 0) is 42.0 Å². The van der Waals surface area contributed by atoms with E-state index in [0.717, 1.165) is 23.6 Å². The number of halogens is 1. The topological polar surface area (TPSA) is 27.1 Å². The smallest absolute Gasteiger partial charge is 0.127 e. The summed E-state index contributed by atoms with van der Waals surface area (Å²) >= 11 is 5.85. The summed E-state index contributed by atoms with van der Waals surface area (Å²) in [5, 5.41) is 0.700. The molecule has 110 valence electrons. The molecule has 22 heavy (non-hydrogen) atoms. The van der Waals surface area contributed by atoms with Gasteiger partial charge < -0.3 is 9.30 Å². The van der Waals surface area contributed by atoms with E-state index in [0.29, 0.717) is 5.02 Å². The van der Waals surface area contributed by atoms with Crippen molar-refractivity contribution in [3.63, 3.8) is 0 Å². The standard InChI is InChI=1S/C18H15ClN2O/c19-16-5-9-18(10-6-16)22-17-7-3-15(4-8-17)2-1-12-21-13-11-20-14-21/h1-11,13-14H,12H2. The molecular weight excluding hydrogens is 296 g/mol. The van der Waals surface area contributed by atoms with Crippen molar-refractivity contribution in [2.45, 2.75) is 6.54 Å². The SMILES string of the molecule is Clc1ccc(Oc2ccc(C=CCn3ccnc3)cc2)cc1. The third kappa shape index (κ3) is 3.99. The van der Waals surface area contributed by atoms with E-state index in [9.17, 15) is 0 Å². The molecule has 0 radical (unpaired) electrons. The molecule has 3 nitrogen and oxygen atoms in total. The largest absolute Gasteiger partial charge is 0.457 e. The Hall–Kier alpha value is -2.52. The number of allylic oxidation sites excluding steroid dienone is 1. The van der Waals surface area contributed by atoms with Crippen molar-refractivity contribution >= 4 is 17.7 Å². The molecule has 1 aromatic heterocycles. The van der Waals surface area contributed by atoms with Crippen molar-refractivity contribution < 1.29 is 4.74 Å². The van der Waals surface area contributed by atoms with E-state index in [2.05, 4.69) is 17.1 Å². The van der Waals surface area contributed by atoms with Crippen LogP contribution in [0.1, 0.15) is 5.56 Å². The minimum atomic E-state index is 0.700. The Morgan fingerprint density at radius 2 is 1.68 bits per heavy atom. The maximum atomic E-state index is 5.85. The van der Waals surface area contributed by atoms with Crippen molar-refractivity contribution in [2.24, 2.45) is 0 Å². The molecule has 0 bridgehead atoms. The predicted octanol–water partition coefficient (Wildman–Crippen LogP) is 5.04. The summed E-state index contributed by atoms with van der Waals surface area (Å²) < 4.78 is 7.77. The summed E-state index contributed by atoms with van der Waals surface area (Å²) in [6.45, 7) is 0.809. The zero-order valence-corrected chi connectivity index (χ0v) is 12.6. The van der Waals surface area contributed by atoms with Crippen molar-refractivity contribution in [2.75, 3.05) is 0 Å². The fourth-order valence-corrected chi connectivity index (χ4v) is 2.12. The lowest BCUT2D eigenvalue weighted by Crippen LogP contribution is -1.89. The Balaban J connectivity index is 1.60. The van der Waals surface area contributed by atoms with Crippen LogP contribution >= 0.6 is 11.6 Å². The van der Waals surface area contributed by atoms with Crippen molar-refractivity contribution in [1.29, 1.82) is 0 Å². The van der Waals surface area contributed by atoms with E-state index in [1.165, 1.54) is 0 Å². The van der Waals surface area contributed by atoms with Crippen LogP contribution in [0.15, 0.2) is 73.3 Å². The van der Waals surface area contributed by atoms with Gasteiger partial charge in [0.1, 0.15) is 11.5 Å². The third-order valence-electron chi connectivity index (χ3n) is 3.12. The highest BCUT2D eigenvalue weighted by Gasteiger charge is 1.97. The minimum Gasteiger partial charge on any atom is -0.457 e. The molecule has 0 atom stereocenters. The highest BCUT2D eigenvalue weighted by Crippen LogP contribution is 2.23. The molecule has 0 aliphatic heterocycles. The quantitative estimate of drug-likeness (QED) is 0.660. The van der Waals surface area contributed by atoms with Crippen LogP contribution in [0.25, 0.3) is 6.08 Å². The second-order valence-electron chi connectivity index (χ2n) is 4.79. The summed E-state index contributed by atoms with van der Waals surface area (Å²) in [7, 11) is 0. The van der Waals surface area contributed by atoms with Gasteiger partial charge in [0.05, 0.1) is 6.33 Å². The maximum Gasteiger partial charge on any atom is 0.127 e. The molecule has 3 aromatic rings. The van der Waals surface area contributed by atoms with Gasteiger partial charge in [-0.1, -0.05) is 35.9 Å². The first-order chi connectivity index (χ1) is 10.8. The Kier molecular flexibility index (Phi) is 4.56. The molecule has 0 aliphatic rings. The zero-order chi connectivity index (χ0) is 15.2. The van der Waals surface area contributed by atoms with E-state index in [1.807, 2.05) is 59.3 Å². The zero-order valence-electron chi connectivity index (χ0n) is 11.9. The van der Waals surface area contributed by atoms with Gasteiger partial charge >= 0.3 is 0 Å². The van der Waals surface area contributed by atoms with Gasteiger partial charge in [0.15, 0.2) is 0 Å². The minimum absolute atomic E-state index is 0.700. The van der Waals surface area contributed by atoms with Crippen molar-refractivity contribution in [3.8, 4) is 11.5 Å². The molecule has 0 aliphatic carbocycles. The van der Waals surface area contributed by atoms with Gasteiger partial charge in [0, 0.05) is 24.0 Å². The van der Waals surface area contributed by atoms with Crippen LogP contribution in [0.4, 0.5) is 0 Å². The van der Waals surface area contributed by atoms with Gasteiger partial charge in [-0.2, -0.15) is 0 Å². The van der Waals surface area contributed by atoms with E-state index in [-0.39, 0.29) is 0 Å². The van der Waals surface area contributed by atoms with Gasteiger partial charge in [0.2, 0.25) is 0 Å². The average molecular weight is 311 g/mol. The third-order valence-corrected chi connectivity index (χ3v) is 3.37. The molecular formula is C18H15ClN2O. The van der Waals surface area contributed by atoms with Gasteiger partial charge in [-0.3, -0.25) is 0 Å². The van der Waals surface area contributed by atoms with Crippen LogP contribution in [0.2, 0.25) is 5.02 Å². The summed E-state index contributed by atoms with van der Waals surface area (Å²) in [5.74, 6) is 1.57. The van der Waals surface area contributed by atoms with Gasteiger partial charge in [0.25, 0.3) is 0 Å². The van der Waals surface area contributed by atoms with Crippen LogP contribution in [-0.2, 0) is 6.54 Å². The Bertz CT molecular complexity index is 732. The maximum absolute atomic E-state index is 5.85. The first-order valence-electron chi connectivity index (χ1n) is 6.95. The highest BCUT2D eigenvalue weighted by molar-refractivity contribution is 6.30. The van der Waals surface area contributed by atoms with Gasteiger partial charge in [-0.25, -0.2) is 4.98 Å². The number of nitrogens with zero attached hydrogens (tertiary/aromatic N) is 2. The lowest BCUT2D eigenvalue weighted by molar-refractivity contribution is 0.482. The molecule has 1 heterocycles. The number of rotatable bonds is 5. The summed E-state index contributed by atoms with van der Waals surface area (Å²) in [5.41, 5.74) is 1.13. The summed E-state index contributed by atoms with van der Waals surface area (Å²) in [6.07, 6.45) is 9.68. The first-order valence-corrected chi connectivity index (χ1v) is 7.33. The molecule has 2 aromatic carbocycles. The number of aromatic nitrogens is 2. The molecule has 0 saturated carbocycles. The summed E-state index contributed by atoms with van der Waals surface area (Å²) in [6, 6.07) is 15.3. The second-order valence-corrected chi connectivity index (χ2v) is 5.22. The van der Waals surface area contributed by atoms with Crippen LogP contribution in [-0.4, -0.2) is 9.55 Å². The number of ether oxygens (including phenoxy) is 1. The van der Waals surface area contributed by atoms with E-state index < -0.39 is 0 Å². The Morgan fingerprint density at radius 3 is 2.32 bits per heavy atom. The van der Waals surface area contributed by atoms with E-state index in [1.54, 1.807) is 12.5 Å². The van der Waals surface area contributed by atoms with E-state index >= 15 is 0 Å². The van der Waals surface area contributed by atoms with Gasteiger partial charge in [-0.15, -0.1) is 0 Å². The molecule has 0 amide bonds. The average Bonchev–Trinajstić information content (AvgIpc) is 3.05. The molecule has 0 unspecified atom stereocenters. The fourth-order valence-electron chi connectivity index (χ4n) is 1.99. The highest BCUT2D eigenvalue weighted by atomic mass is 35.5. The van der Waals surface area contributed by atoms with Crippen molar-refractivity contribution in [3.05, 3.63) is 83.9 Å². The molecule has 3 rings (SSSR count). The Morgan fingerprint density at radius 1 is 1.00 bits per heavy atom. The molecule has 0 fully saturated rings. The van der Waals surface area contributed by atoms with Crippen LogP contribution < -0.4 is 4.74 Å². The molecule has 0 saturated heterocycles. The molecule has 0 spiro atoms. The number of benzene rings is 2. The predicted molar refractivity (Wildman–Crippen MR) is 89.2 cm³/mol. The number of imidazole rings is 1. The summed E-state index contributed by atoms with van der Waals surface area (Å²) in [4.78, 5) is 4.01. The lowest BCUT2D eigenvalue weighted by Gasteiger charge is -2.05. The molecule has 0 N–H and O–H groups in total.